The van der Waals surface area contributed by atoms with E-state index in [0.717, 1.165) is 19.4 Å². The van der Waals surface area contributed by atoms with Crippen molar-refractivity contribution in [1.29, 1.82) is 0 Å². The van der Waals surface area contributed by atoms with Crippen LogP contribution < -0.4 is 5.32 Å². The maximum atomic E-state index is 12.1. The van der Waals surface area contributed by atoms with Gasteiger partial charge in [0.25, 0.3) is 0 Å². The van der Waals surface area contributed by atoms with E-state index in [4.69, 9.17) is 0 Å². The number of aliphatic hydroxyl groups is 1. The first kappa shape index (κ1) is 12.3. The molecule has 1 atom stereocenters. The van der Waals surface area contributed by atoms with Crippen LogP contribution in [0.4, 0.5) is 0 Å². The SMILES string of the molecule is O=S(=O)(CC1CCCN1)N1CCC(O)CC1. The molecular formula is C10H20N2O3S. The molecule has 0 amide bonds. The van der Waals surface area contributed by atoms with E-state index in [9.17, 15) is 13.5 Å². The van der Waals surface area contributed by atoms with Crippen LogP contribution in [0.25, 0.3) is 0 Å². The molecule has 0 aromatic rings. The van der Waals surface area contributed by atoms with Crippen molar-refractivity contribution in [2.45, 2.75) is 37.8 Å². The molecule has 0 aromatic heterocycles. The Balaban J connectivity index is 1.90. The van der Waals surface area contributed by atoms with Crippen LogP contribution in [0.3, 0.4) is 0 Å². The van der Waals surface area contributed by atoms with E-state index >= 15 is 0 Å². The Morgan fingerprint density at radius 2 is 1.94 bits per heavy atom. The molecule has 0 radical (unpaired) electrons. The zero-order valence-corrected chi connectivity index (χ0v) is 10.2. The third-order valence-corrected chi connectivity index (χ3v) is 5.37. The summed E-state index contributed by atoms with van der Waals surface area (Å²) >= 11 is 0. The van der Waals surface area contributed by atoms with Crippen molar-refractivity contribution in [3.8, 4) is 0 Å². The number of hydrogen-bond donors (Lipinski definition) is 2. The molecule has 2 aliphatic rings. The highest BCUT2D eigenvalue weighted by Crippen LogP contribution is 2.16. The van der Waals surface area contributed by atoms with Crippen LogP contribution in [0.2, 0.25) is 0 Å². The zero-order chi connectivity index (χ0) is 11.6. The van der Waals surface area contributed by atoms with Crippen LogP contribution in [-0.2, 0) is 10.0 Å². The lowest BCUT2D eigenvalue weighted by Gasteiger charge is -2.29. The highest BCUT2D eigenvalue weighted by molar-refractivity contribution is 7.89. The van der Waals surface area contributed by atoms with E-state index in [-0.39, 0.29) is 17.9 Å². The number of nitrogens with zero attached hydrogens (tertiary/aromatic N) is 1. The van der Waals surface area contributed by atoms with Crippen LogP contribution >= 0.6 is 0 Å². The Hall–Kier alpha value is -0.170. The van der Waals surface area contributed by atoms with Crippen molar-refractivity contribution in [3.05, 3.63) is 0 Å². The van der Waals surface area contributed by atoms with Gasteiger partial charge in [0.05, 0.1) is 11.9 Å². The van der Waals surface area contributed by atoms with Crippen LogP contribution in [-0.4, -0.2) is 55.4 Å². The molecular weight excluding hydrogens is 228 g/mol. The van der Waals surface area contributed by atoms with E-state index in [1.54, 1.807) is 0 Å². The number of hydrogen-bond acceptors (Lipinski definition) is 4. The molecule has 2 N–H and O–H groups in total. The fourth-order valence-corrected chi connectivity index (χ4v) is 4.15. The van der Waals surface area contributed by atoms with E-state index < -0.39 is 10.0 Å². The summed E-state index contributed by atoms with van der Waals surface area (Å²) in [6, 6.07) is 0.122. The van der Waals surface area contributed by atoms with Crippen LogP contribution in [0.15, 0.2) is 0 Å². The lowest BCUT2D eigenvalue weighted by atomic mass is 10.1. The van der Waals surface area contributed by atoms with E-state index in [1.807, 2.05) is 0 Å². The summed E-state index contributed by atoms with van der Waals surface area (Å²) in [6.45, 7) is 1.87. The summed E-state index contributed by atoms with van der Waals surface area (Å²) in [5.74, 6) is 0.211. The average Bonchev–Trinajstić information content (AvgIpc) is 2.70. The third kappa shape index (κ3) is 2.94. The topological polar surface area (TPSA) is 69.6 Å². The molecule has 0 saturated carbocycles. The first-order valence-electron chi connectivity index (χ1n) is 5.97. The van der Waals surface area contributed by atoms with Crippen molar-refractivity contribution in [2.75, 3.05) is 25.4 Å². The van der Waals surface area contributed by atoms with Gasteiger partial charge < -0.3 is 10.4 Å². The lowest BCUT2D eigenvalue weighted by molar-refractivity contribution is 0.113. The molecule has 2 rings (SSSR count). The van der Waals surface area contributed by atoms with Gasteiger partial charge >= 0.3 is 0 Å². The Morgan fingerprint density at radius 1 is 1.25 bits per heavy atom. The van der Waals surface area contributed by atoms with Gasteiger partial charge in [-0.3, -0.25) is 0 Å². The van der Waals surface area contributed by atoms with Gasteiger partial charge in [-0.15, -0.1) is 0 Å². The predicted octanol–water partition coefficient (Wildman–Crippen LogP) is -0.475. The maximum absolute atomic E-state index is 12.1. The number of nitrogens with one attached hydrogen (secondary N) is 1. The maximum Gasteiger partial charge on any atom is 0.215 e. The smallest absolute Gasteiger partial charge is 0.215 e. The molecule has 1 unspecified atom stereocenters. The van der Waals surface area contributed by atoms with Gasteiger partial charge in [0.1, 0.15) is 0 Å². The molecule has 2 heterocycles. The second kappa shape index (κ2) is 5.00. The van der Waals surface area contributed by atoms with Crippen LogP contribution in [0, 0.1) is 0 Å². The van der Waals surface area contributed by atoms with Gasteiger partial charge in [0, 0.05) is 19.1 Å². The molecule has 2 saturated heterocycles. The molecule has 0 aliphatic carbocycles. The summed E-state index contributed by atoms with van der Waals surface area (Å²) in [5, 5.41) is 12.5. The third-order valence-electron chi connectivity index (χ3n) is 3.39. The summed E-state index contributed by atoms with van der Waals surface area (Å²) in [7, 11) is -3.13. The molecule has 0 aromatic carbocycles. The Kier molecular flexibility index (Phi) is 3.84. The van der Waals surface area contributed by atoms with Crippen molar-refractivity contribution >= 4 is 10.0 Å². The molecule has 2 aliphatic heterocycles. The van der Waals surface area contributed by atoms with Crippen LogP contribution in [0.5, 0.6) is 0 Å². The molecule has 16 heavy (non-hydrogen) atoms. The van der Waals surface area contributed by atoms with Gasteiger partial charge in [-0.1, -0.05) is 0 Å². The van der Waals surface area contributed by atoms with E-state index in [0.29, 0.717) is 25.9 Å². The van der Waals surface area contributed by atoms with E-state index in [1.165, 1.54) is 4.31 Å². The molecule has 94 valence electrons. The molecule has 5 nitrogen and oxygen atoms in total. The highest BCUT2D eigenvalue weighted by Gasteiger charge is 2.30. The van der Waals surface area contributed by atoms with Gasteiger partial charge in [0.2, 0.25) is 10.0 Å². The quantitative estimate of drug-likeness (QED) is 0.708. The van der Waals surface area contributed by atoms with E-state index in [2.05, 4.69) is 5.32 Å². The summed E-state index contributed by atoms with van der Waals surface area (Å²) in [5.41, 5.74) is 0. The van der Waals surface area contributed by atoms with Crippen molar-refractivity contribution in [2.24, 2.45) is 0 Å². The Labute approximate surface area is 96.9 Å². The largest absolute Gasteiger partial charge is 0.393 e. The first-order chi connectivity index (χ1) is 7.58. The standard InChI is InChI=1S/C10H20N2O3S/c13-10-3-6-12(7-4-10)16(14,15)8-9-2-1-5-11-9/h9-11,13H,1-8H2. The van der Waals surface area contributed by atoms with Crippen LogP contribution in [0.1, 0.15) is 25.7 Å². The number of sulfonamides is 1. The molecule has 6 heteroatoms. The normalized spacial score (nSPS) is 29.7. The Morgan fingerprint density at radius 3 is 2.50 bits per heavy atom. The number of aliphatic hydroxyl groups excluding tert-OH is 1. The highest BCUT2D eigenvalue weighted by atomic mass is 32.2. The minimum absolute atomic E-state index is 0.122. The van der Waals surface area contributed by atoms with Crippen molar-refractivity contribution in [1.82, 2.24) is 9.62 Å². The monoisotopic (exact) mass is 248 g/mol. The lowest BCUT2D eigenvalue weighted by Crippen LogP contribution is -2.44. The van der Waals surface area contributed by atoms with Gasteiger partial charge in [-0.25, -0.2) is 12.7 Å². The Bertz CT molecular complexity index is 317. The summed E-state index contributed by atoms with van der Waals surface area (Å²) in [4.78, 5) is 0. The molecule has 0 spiro atoms. The fraction of sp³-hybridized carbons (Fsp3) is 1.00. The van der Waals surface area contributed by atoms with Crippen molar-refractivity contribution in [3.63, 3.8) is 0 Å². The average molecular weight is 248 g/mol. The first-order valence-corrected chi connectivity index (χ1v) is 7.58. The number of rotatable bonds is 3. The van der Waals surface area contributed by atoms with Gasteiger partial charge in [-0.2, -0.15) is 0 Å². The minimum atomic E-state index is -3.13. The molecule has 0 bridgehead atoms. The summed E-state index contributed by atoms with van der Waals surface area (Å²) < 4.78 is 25.6. The summed E-state index contributed by atoms with van der Waals surface area (Å²) in [6.07, 6.45) is 2.83. The van der Waals surface area contributed by atoms with Gasteiger partial charge in [-0.05, 0) is 32.2 Å². The predicted molar refractivity (Wildman–Crippen MR) is 61.6 cm³/mol. The number of piperidine rings is 1. The minimum Gasteiger partial charge on any atom is -0.393 e. The second-order valence-electron chi connectivity index (χ2n) is 4.70. The zero-order valence-electron chi connectivity index (χ0n) is 9.43. The van der Waals surface area contributed by atoms with Gasteiger partial charge in [0.15, 0.2) is 0 Å². The fourth-order valence-electron chi connectivity index (χ4n) is 2.38. The molecule has 2 fully saturated rings. The second-order valence-corrected chi connectivity index (χ2v) is 6.72. The van der Waals surface area contributed by atoms with Crippen molar-refractivity contribution < 1.29 is 13.5 Å².